The summed E-state index contributed by atoms with van der Waals surface area (Å²) in [6, 6.07) is 19.4. The van der Waals surface area contributed by atoms with Crippen molar-refractivity contribution < 1.29 is 19.1 Å². The summed E-state index contributed by atoms with van der Waals surface area (Å²) in [5.41, 5.74) is 0. The standard InChI is InChI=1S/C29H38N2O4/c32-28(20-34-26-7-3-1-4-8-26)30-24-15-11-22(12-16-24)19-23-13-17-25(18-14-23)31-29(33)21-35-27-9-5-2-6-10-27/h1-10,22-25H,11-21H2,(H,30,32)(H,31,33). The Labute approximate surface area is 208 Å². The molecular formula is C29H38N2O4. The van der Waals surface area contributed by atoms with Crippen molar-refractivity contribution in [3.05, 3.63) is 60.7 Å². The molecule has 6 heteroatoms. The van der Waals surface area contributed by atoms with Crippen LogP contribution in [0.25, 0.3) is 0 Å². The summed E-state index contributed by atoms with van der Waals surface area (Å²) >= 11 is 0. The van der Waals surface area contributed by atoms with Crippen LogP contribution in [0.3, 0.4) is 0 Å². The average Bonchev–Trinajstić information content (AvgIpc) is 2.90. The molecule has 0 spiro atoms. The summed E-state index contributed by atoms with van der Waals surface area (Å²) in [6.07, 6.45) is 10.2. The SMILES string of the molecule is O=C(COc1ccccc1)NC1CCC(CC2CCC(NC(=O)COc3ccccc3)CC2)CC1. The van der Waals surface area contributed by atoms with Crippen LogP contribution in [0.1, 0.15) is 57.8 Å². The Bertz CT molecular complexity index is 829. The molecule has 2 aromatic carbocycles. The zero-order chi connectivity index (χ0) is 24.3. The van der Waals surface area contributed by atoms with E-state index in [1.165, 1.54) is 32.1 Å². The van der Waals surface area contributed by atoms with E-state index in [2.05, 4.69) is 10.6 Å². The van der Waals surface area contributed by atoms with Crippen LogP contribution < -0.4 is 20.1 Å². The summed E-state index contributed by atoms with van der Waals surface area (Å²) in [5, 5.41) is 6.29. The Hall–Kier alpha value is -3.02. The van der Waals surface area contributed by atoms with Crippen LogP contribution in [0, 0.1) is 11.8 Å². The molecule has 0 saturated heterocycles. The van der Waals surface area contributed by atoms with Crippen molar-refractivity contribution in [3.8, 4) is 11.5 Å². The maximum absolute atomic E-state index is 12.2. The fourth-order valence-electron chi connectivity index (χ4n) is 5.43. The summed E-state index contributed by atoms with van der Waals surface area (Å²) in [7, 11) is 0. The zero-order valence-electron chi connectivity index (χ0n) is 20.5. The molecule has 0 bridgehead atoms. The Kier molecular flexibility index (Phi) is 9.44. The average molecular weight is 479 g/mol. The maximum Gasteiger partial charge on any atom is 0.258 e. The molecule has 0 radical (unpaired) electrons. The largest absolute Gasteiger partial charge is 0.484 e. The molecule has 2 aliphatic carbocycles. The molecule has 6 nitrogen and oxygen atoms in total. The number of hydrogen-bond acceptors (Lipinski definition) is 4. The van der Waals surface area contributed by atoms with Gasteiger partial charge in [0.25, 0.3) is 11.8 Å². The molecule has 0 heterocycles. The van der Waals surface area contributed by atoms with Crippen molar-refractivity contribution in [2.75, 3.05) is 13.2 Å². The highest BCUT2D eigenvalue weighted by molar-refractivity contribution is 5.78. The number of ether oxygens (including phenoxy) is 2. The molecule has 0 atom stereocenters. The summed E-state index contributed by atoms with van der Waals surface area (Å²) < 4.78 is 11.1. The minimum atomic E-state index is -0.0353. The molecule has 188 valence electrons. The van der Waals surface area contributed by atoms with Gasteiger partial charge >= 0.3 is 0 Å². The third-order valence-corrected chi connectivity index (χ3v) is 7.32. The van der Waals surface area contributed by atoms with Gasteiger partial charge in [0.2, 0.25) is 0 Å². The van der Waals surface area contributed by atoms with Crippen molar-refractivity contribution in [3.63, 3.8) is 0 Å². The number of nitrogens with one attached hydrogen (secondary N) is 2. The second-order valence-corrected chi connectivity index (χ2v) is 10.0. The number of amides is 2. The van der Waals surface area contributed by atoms with Gasteiger partial charge in [-0.15, -0.1) is 0 Å². The Morgan fingerprint density at radius 2 is 0.971 bits per heavy atom. The maximum atomic E-state index is 12.2. The van der Waals surface area contributed by atoms with Crippen molar-refractivity contribution >= 4 is 11.8 Å². The third kappa shape index (κ3) is 8.61. The first-order valence-electron chi connectivity index (χ1n) is 13.1. The van der Waals surface area contributed by atoms with Crippen LogP contribution in [0.4, 0.5) is 0 Å². The van der Waals surface area contributed by atoms with Gasteiger partial charge in [-0.3, -0.25) is 9.59 Å². The molecule has 2 N–H and O–H groups in total. The van der Waals surface area contributed by atoms with Gasteiger partial charge < -0.3 is 20.1 Å². The molecule has 0 aliphatic heterocycles. The predicted octanol–water partition coefficient (Wildman–Crippen LogP) is 4.88. The van der Waals surface area contributed by atoms with E-state index in [0.717, 1.165) is 49.0 Å². The van der Waals surface area contributed by atoms with Crippen LogP contribution in [-0.2, 0) is 9.59 Å². The predicted molar refractivity (Wildman–Crippen MR) is 136 cm³/mol. The molecule has 0 aromatic heterocycles. The second-order valence-electron chi connectivity index (χ2n) is 10.0. The van der Waals surface area contributed by atoms with Crippen molar-refractivity contribution in [2.45, 2.75) is 69.9 Å². The van der Waals surface area contributed by atoms with Crippen molar-refractivity contribution in [1.29, 1.82) is 0 Å². The molecule has 4 rings (SSSR count). The van der Waals surface area contributed by atoms with E-state index in [-0.39, 0.29) is 37.1 Å². The molecule has 35 heavy (non-hydrogen) atoms. The van der Waals surface area contributed by atoms with Crippen molar-refractivity contribution in [1.82, 2.24) is 10.6 Å². The highest BCUT2D eigenvalue weighted by Crippen LogP contribution is 2.35. The lowest BCUT2D eigenvalue weighted by Gasteiger charge is -2.34. The first-order chi connectivity index (χ1) is 17.1. The highest BCUT2D eigenvalue weighted by atomic mass is 16.5. The number of carbonyl (C=O) groups is 2. The lowest BCUT2D eigenvalue weighted by Crippen LogP contribution is -2.41. The van der Waals surface area contributed by atoms with Gasteiger partial charge in [0, 0.05) is 12.1 Å². The zero-order valence-corrected chi connectivity index (χ0v) is 20.5. The fraction of sp³-hybridized carbons (Fsp3) is 0.517. The van der Waals surface area contributed by atoms with Crippen LogP contribution in [0.2, 0.25) is 0 Å². The van der Waals surface area contributed by atoms with E-state index in [1.54, 1.807) is 0 Å². The second kappa shape index (κ2) is 13.2. The van der Waals surface area contributed by atoms with Crippen LogP contribution >= 0.6 is 0 Å². The molecule has 0 unspecified atom stereocenters. The Morgan fingerprint density at radius 1 is 0.600 bits per heavy atom. The smallest absolute Gasteiger partial charge is 0.258 e. The van der Waals surface area contributed by atoms with Gasteiger partial charge in [-0.1, -0.05) is 36.4 Å². The molecule has 2 aliphatic rings. The highest BCUT2D eigenvalue weighted by Gasteiger charge is 2.28. The quantitative estimate of drug-likeness (QED) is 0.510. The van der Waals surface area contributed by atoms with E-state index >= 15 is 0 Å². The van der Waals surface area contributed by atoms with Gasteiger partial charge in [0.05, 0.1) is 0 Å². The van der Waals surface area contributed by atoms with E-state index in [1.807, 2.05) is 60.7 Å². The lowest BCUT2D eigenvalue weighted by atomic mass is 9.75. The molecule has 2 aromatic rings. The number of hydrogen-bond donors (Lipinski definition) is 2. The molecule has 2 saturated carbocycles. The first kappa shape index (κ1) is 25.1. The van der Waals surface area contributed by atoms with Crippen LogP contribution in [-0.4, -0.2) is 37.1 Å². The lowest BCUT2D eigenvalue weighted by molar-refractivity contribution is -0.124. The number of para-hydroxylation sites is 2. The van der Waals surface area contributed by atoms with Gasteiger partial charge in [-0.25, -0.2) is 0 Å². The summed E-state index contributed by atoms with van der Waals surface area (Å²) in [5.74, 6) is 2.87. The topological polar surface area (TPSA) is 76.7 Å². The number of benzene rings is 2. The van der Waals surface area contributed by atoms with Gasteiger partial charge in [-0.2, -0.15) is 0 Å². The van der Waals surface area contributed by atoms with Crippen LogP contribution in [0.5, 0.6) is 11.5 Å². The van der Waals surface area contributed by atoms with Gasteiger partial charge in [-0.05, 0) is 93.9 Å². The number of rotatable bonds is 10. The molecular weight excluding hydrogens is 440 g/mol. The van der Waals surface area contributed by atoms with E-state index < -0.39 is 0 Å². The molecule has 2 amide bonds. The first-order valence-corrected chi connectivity index (χ1v) is 13.1. The summed E-state index contributed by atoms with van der Waals surface area (Å²) in [4.78, 5) is 24.5. The Balaban J connectivity index is 1.06. The Morgan fingerprint density at radius 3 is 1.34 bits per heavy atom. The van der Waals surface area contributed by atoms with E-state index in [4.69, 9.17) is 9.47 Å². The van der Waals surface area contributed by atoms with Crippen molar-refractivity contribution in [2.24, 2.45) is 11.8 Å². The van der Waals surface area contributed by atoms with E-state index in [9.17, 15) is 9.59 Å². The molecule has 2 fully saturated rings. The third-order valence-electron chi connectivity index (χ3n) is 7.32. The normalized spacial score (nSPS) is 24.2. The van der Waals surface area contributed by atoms with Gasteiger partial charge in [0.15, 0.2) is 13.2 Å². The minimum absolute atomic E-state index is 0.0353. The van der Waals surface area contributed by atoms with Crippen LogP contribution in [0.15, 0.2) is 60.7 Å². The monoisotopic (exact) mass is 478 g/mol. The van der Waals surface area contributed by atoms with Gasteiger partial charge in [0.1, 0.15) is 11.5 Å². The number of carbonyl (C=O) groups excluding carboxylic acids is 2. The minimum Gasteiger partial charge on any atom is -0.484 e. The fourth-order valence-corrected chi connectivity index (χ4v) is 5.43. The van der Waals surface area contributed by atoms with E-state index in [0.29, 0.717) is 0 Å². The summed E-state index contributed by atoms with van der Waals surface area (Å²) in [6.45, 7) is 0.143.